The van der Waals surface area contributed by atoms with Gasteiger partial charge in [0.2, 0.25) is 0 Å². The van der Waals surface area contributed by atoms with Crippen molar-refractivity contribution >= 4 is 11.8 Å². The second-order valence-electron chi connectivity index (χ2n) is 3.71. The lowest BCUT2D eigenvalue weighted by molar-refractivity contribution is 0.297. The minimum atomic E-state index is -0.434. The molecule has 0 saturated carbocycles. The van der Waals surface area contributed by atoms with Crippen LogP contribution in [0.2, 0.25) is 0 Å². The molecule has 0 fully saturated rings. The van der Waals surface area contributed by atoms with Gasteiger partial charge in [-0.05, 0) is 18.2 Å². The Kier molecular flexibility index (Phi) is 4.13. The predicted octanol–water partition coefficient (Wildman–Crippen LogP) is 1.79. The summed E-state index contributed by atoms with van der Waals surface area (Å²) in [6.07, 6.45) is 0.899. The standard InChI is InChI=1S/C12H14N2O2S/c13-7-9(14)8-17-10-2-3-11-12(6-10)16-5-1-4-15-11/h2-3,6,9H,1,4-5,8,14H2. The van der Waals surface area contributed by atoms with Crippen molar-refractivity contribution in [1.82, 2.24) is 0 Å². The van der Waals surface area contributed by atoms with E-state index in [1.807, 2.05) is 24.3 Å². The van der Waals surface area contributed by atoms with Crippen LogP contribution in [0, 0.1) is 11.3 Å². The predicted molar refractivity (Wildman–Crippen MR) is 66.4 cm³/mol. The summed E-state index contributed by atoms with van der Waals surface area (Å²) in [6, 6.07) is 7.38. The van der Waals surface area contributed by atoms with Gasteiger partial charge in [0, 0.05) is 17.1 Å². The molecule has 4 nitrogen and oxygen atoms in total. The molecular formula is C12H14N2O2S. The monoisotopic (exact) mass is 250 g/mol. The molecule has 0 amide bonds. The first-order valence-electron chi connectivity index (χ1n) is 5.47. The Bertz CT molecular complexity index is 431. The molecule has 90 valence electrons. The third kappa shape index (κ3) is 3.29. The fourth-order valence-corrected chi connectivity index (χ4v) is 2.26. The van der Waals surface area contributed by atoms with Gasteiger partial charge < -0.3 is 15.2 Å². The van der Waals surface area contributed by atoms with Gasteiger partial charge in [0.15, 0.2) is 11.5 Å². The van der Waals surface area contributed by atoms with E-state index in [0.29, 0.717) is 19.0 Å². The molecule has 0 saturated heterocycles. The van der Waals surface area contributed by atoms with Gasteiger partial charge in [-0.1, -0.05) is 0 Å². The van der Waals surface area contributed by atoms with Crippen molar-refractivity contribution in [2.45, 2.75) is 17.4 Å². The zero-order valence-electron chi connectivity index (χ0n) is 9.39. The summed E-state index contributed by atoms with van der Waals surface area (Å²) < 4.78 is 11.1. The maximum atomic E-state index is 8.61. The van der Waals surface area contributed by atoms with E-state index >= 15 is 0 Å². The molecule has 1 unspecified atom stereocenters. The number of nitriles is 1. The lowest BCUT2D eigenvalue weighted by Crippen LogP contribution is -2.19. The van der Waals surface area contributed by atoms with Crippen LogP contribution < -0.4 is 15.2 Å². The smallest absolute Gasteiger partial charge is 0.162 e. The maximum Gasteiger partial charge on any atom is 0.162 e. The van der Waals surface area contributed by atoms with Crippen LogP contribution in [0.25, 0.3) is 0 Å². The summed E-state index contributed by atoms with van der Waals surface area (Å²) in [6.45, 7) is 1.37. The minimum absolute atomic E-state index is 0.434. The van der Waals surface area contributed by atoms with Gasteiger partial charge >= 0.3 is 0 Å². The van der Waals surface area contributed by atoms with Crippen molar-refractivity contribution in [1.29, 1.82) is 5.26 Å². The SMILES string of the molecule is N#CC(N)CSc1ccc2c(c1)OCCCO2. The Morgan fingerprint density at radius 3 is 2.88 bits per heavy atom. The molecule has 0 aromatic heterocycles. The first-order chi connectivity index (χ1) is 8.29. The molecule has 1 aromatic carbocycles. The first kappa shape index (κ1) is 12.1. The number of nitrogens with two attached hydrogens (primary N) is 1. The van der Waals surface area contributed by atoms with Crippen LogP contribution in [0.4, 0.5) is 0 Å². The minimum Gasteiger partial charge on any atom is -0.490 e. The van der Waals surface area contributed by atoms with E-state index < -0.39 is 6.04 Å². The molecule has 2 N–H and O–H groups in total. The number of benzene rings is 1. The molecule has 1 aliphatic rings. The van der Waals surface area contributed by atoms with E-state index in [0.717, 1.165) is 22.8 Å². The lowest BCUT2D eigenvalue weighted by Gasteiger charge is -2.09. The molecule has 1 heterocycles. The van der Waals surface area contributed by atoms with E-state index in [2.05, 4.69) is 0 Å². The van der Waals surface area contributed by atoms with E-state index in [4.69, 9.17) is 20.5 Å². The molecule has 0 aliphatic carbocycles. The molecule has 0 bridgehead atoms. The number of rotatable bonds is 3. The molecule has 0 spiro atoms. The lowest BCUT2D eigenvalue weighted by atomic mass is 10.3. The van der Waals surface area contributed by atoms with Crippen LogP contribution >= 0.6 is 11.8 Å². The number of ether oxygens (including phenoxy) is 2. The quantitative estimate of drug-likeness (QED) is 0.828. The Labute approximate surface area is 105 Å². The van der Waals surface area contributed by atoms with Crippen LogP contribution in [0.3, 0.4) is 0 Å². The van der Waals surface area contributed by atoms with Crippen molar-refractivity contribution in [2.75, 3.05) is 19.0 Å². The van der Waals surface area contributed by atoms with Gasteiger partial charge in [0.05, 0.1) is 19.3 Å². The Hall–Kier alpha value is -1.38. The second-order valence-corrected chi connectivity index (χ2v) is 4.80. The highest BCUT2D eigenvalue weighted by atomic mass is 32.2. The Balaban J connectivity index is 2.05. The average molecular weight is 250 g/mol. The molecular weight excluding hydrogens is 236 g/mol. The molecule has 0 radical (unpaired) electrons. The number of hydrogen-bond acceptors (Lipinski definition) is 5. The highest BCUT2D eigenvalue weighted by Gasteiger charge is 2.11. The van der Waals surface area contributed by atoms with Crippen LogP contribution in [0.1, 0.15) is 6.42 Å². The number of hydrogen-bond donors (Lipinski definition) is 1. The zero-order valence-corrected chi connectivity index (χ0v) is 10.2. The summed E-state index contributed by atoms with van der Waals surface area (Å²) in [5, 5.41) is 8.61. The van der Waals surface area contributed by atoms with Crippen molar-refractivity contribution in [3.05, 3.63) is 18.2 Å². The van der Waals surface area contributed by atoms with Gasteiger partial charge in [-0.3, -0.25) is 0 Å². The molecule has 1 aromatic rings. The van der Waals surface area contributed by atoms with Gasteiger partial charge in [-0.2, -0.15) is 5.26 Å². The van der Waals surface area contributed by atoms with Gasteiger partial charge in [-0.25, -0.2) is 0 Å². The van der Waals surface area contributed by atoms with Crippen molar-refractivity contribution < 1.29 is 9.47 Å². The third-order valence-electron chi connectivity index (χ3n) is 2.31. The normalized spacial score (nSPS) is 15.8. The van der Waals surface area contributed by atoms with E-state index in [9.17, 15) is 0 Å². The van der Waals surface area contributed by atoms with E-state index in [1.165, 1.54) is 0 Å². The third-order valence-corrected chi connectivity index (χ3v) is 3.43. The van der Waals surface area contributed by atoms with Crippen LogP contribution in [0.5, 0.6) is 11.5 Å². The first-order valence-corrected chi connectivity index (χ1v) is 6.46. The Morgan fingerprint density at radius 2 is 2.12 bits per heavy atom. The van der Waals surface area contributed by atoms with E-state index in [1.54, 1.807) is 11.8 Å². The highest BCUT2D eigenvalue weighted by Crippen LogP contribution is 2.33. The van der Waals surface area contributed by atoms with Crippen molar-refractivity contribution in [2.24, 2.45) is 5.73 Å². The topological polar surface area (TPSA) is 68.3 Å². The molecule has 1 atom stereocenters. The maximum absolute atomic E-state index is 8.61. The van der Waals surface area contributed by atoms with Crippen LogP contribution in [0.15, 0.2) is 23.1 Å². The fourth-order valence-electron chi connectivity index (χ4n) is 1.46. The van der Waals surface area contributed by atoms with Gasteiger partial charge in [-0.15, -0.1) is 11.8 Å². The number of nitrogens with zero attached hydrogens (tertiary/aromatic N) is 1. The van der Waals surface area contributed by atoms with Crippen molar-refractivity contribution in [3.8, 4) is 17.6 Å². The van der Waals surface area contributed by atoms with E-state index in [-0.39, 0.29) is 0 Å². The summed E-state index contributed by atoms with van der Waals surface area (Å²) in [5.41, 5.74) is 5.55. The van der Waals surface area contributed by atoms with Gasteiger partial charge in [0.1, 0.15) is 6.04 Å². The number of thioether (sulfide) groups is 1. The fraction of sp³-hybridized carbons (Fsp3) is 0.417. The molecule has 5 heteroatoms. The van der Waals surface area contributed by atoms with Crippen molar-refractivity contribution in [3.63, 3.8) is 0 Å². The summed E-state index contributed by atoms with van der Waals surface area (Å²) in [7, 11) is 0. The van der Waals surface area contributed by atoms with Crippen LogP contribution in [-0.2, 0) is 0 Å². The molecule has 2 rings (SSSR count). The summed E-state index contributed by atoms with van der Waals surface area (Å²) in [4.78, 5) is 1.04. The van der Waals surface area contributed by atoms with Gasteiger partial charge in [0.25, 0.3) is 0 Å². The molecule has 1 aliphatic heterocycles. The molecule has 17 heavy (non-hydrogen) atoms. The Morgan fingerprint density at radius 1 is 1.35 bits per heavy atom. The second kappa shape index (κ2) is 5.80. The largest absolute Gasteiger partial charge is 0.490 e. The number of fused-ring (bicyclic) bond motifs is 1. The average Bonchev–Trinajstić information content (AvgIpc) is 2.60. The highest BCUT2D eigenvalue weighted by molar-refractivity contribution is 7.99. The zero-order chi connectivity index (χ0) is 12.1. The summed E-state index contributed by atoms with van der Waals surface area (Å²) in [5.74, 6) is 2.14. The summed E-state index contributed by atoms with van der Waals surface area (Å²) >= 11 is 1.55. The van der Waals surface area contributed by atoms with Crippen LogP contribution in [-0.4, -0.2) is 25.0 Å².